The van der Waals surface area contributed by atoms with Gasteiger partial charge in [0.1, 0.15) is 6.54 Å². The molecule has 6 heteroatoms. The SMILES string of the molecule is CCOC(=O)CN(C)C(=O)c1ccc(Br)cc1Cl. The van der Waals surface area contributed by atoms with Gasteiger partial charge in [-0.3, -0.25) is 9.59 Å². The van der Waals surface area contributed by atoms with Gasteiger partial charge in [-0.1, -0.05) is 27.5 Å². The highest BCUT2D eigenvalue weighted by atomic mass is 79.9. The second-order valence-electron chi connectivity index (χ2n) is 3.59. The average Bonchev–Trinajstić information content (AvgIpc) is 2.28. The molecule has 0 aliphatic rings. The van der Waals surface area contributed by atoms with Crippen LogP contribution in [0.3, 0.4) is 0 Å². The highest BCUT2D eigenvalue weighted by molar-refractivity contribution is 9.10. The number of nitrogens with zero attached hydrogens (tertiary/aromatic N) is 1. The van der Waals surface area contributed by atoms with Crippen molar-refractivity contribution in [3.8, 4) is 0 Å². The van der Waals surface area contributed by atoms with Gasteiger partial charge in [0.05, 0.1) is 17.2 Å². The van der Waals surface area contributed by atoms with Crippen LogP contribution in [0.2, 0.25) is 5.02 Å². The Bertz CT molecular complexity index is 465. The number of halogens is 2. The van der Waals surface area contributed by atoms with Crippen LogP contribution < -0.4 is 0 Å². The van der Waals surface area contributed by atoms with E-state index in [2.05, 4.69) is 15.9 Å². The quantitative estimate of drug-likeness (QED) is 0.795. The van der Waals surface area contributed by atoms with Crippen molar-refractivity contribution in [3.63, 3.8) is 0 Å². The first-order valence-corrected chi connectivity index (χ1v) is 6.49. The Balaban J connectivity index is 2.77. The summed E-state index contributed by atoms with van der Waals surface area (Å²) in [5, 5.41) is 0.338. The molecule has 0 atom stereocenters. The minimum Gasteiger partial charge on any atom is -0.465 e. The molecule has 0 spiro atoms. The Morgan fingerprint density at radius 3 is 2.67 bits per heavy atom. The first-order valence-electron chi connectivity index (χ1n) is 5.31. The monoisotopic (exact) mass is 333 g/mol. The zero-order chi connectivity index (χ0) is 13.7. The highest BCUT2D eigenvalue weighted by Gasteiger charge is 2.18. The normalized spacial score (nSPS) is 10.0. The van der Waals surface area contributed by atoms with Gasteiger partial charge in [-0.05, 0) is 25.1 Å². The van der Waals surface area contributed by atoms with E-state index in [4.69, 9.17) is 16.3 Å². The van der Waals surface area contributed by atoms with E-state index in [0.717, 1.165) is 4.47 Å². The third-order valence-corrected chi connectivity index (χ3v) is 2.99. The zero-order valence-electron chi connectivity index (χ0n) is 10.1. The van der Waals surface area contributed by atoms with Crippen LogP contribution in [-0.4, -0.2) is 37.0 Å². The molecule has 0 saturated carbocycles. The lowest BCUT2D eigenvalue weighted by Gasteiger charge is -2.16. The van der Waals surface area contributed by atoms with Gasteiger partial charge in [0.2, 0.25) is 0 Å². The Labute approximate surface area is 119 Å². The van der Waals surface area contributed by atoms with Gasteiger partial charge >= 0.3 is 5.97 Å². The molecule has 0 unspecified atom stereocenters. The molecular weight excluding hydrogens is 321 g/mol. The number of carbonyl (C=O) groups is 2. The Morgan fingerprint density at radius 1 is 1.44 bits per heavy atom. The van der Waals surface area contributed by atoms with E-state index >= 15 is 0 Å². The Hall–Kier alpha value is -1.07. The van der Waals surface area contributed by atoms with E-state index in [1.54, 1.807) is 25.1 Å². The lowest BCUT2D eigenvalue weighted by atomic mass is 10.2. The van der Waals surface area contributed by atoms with Crippen LogP contribution in [0.25, 0.3) is 0 Å². The van der Waals surface area contributed by atoms with Crippen molar-refractivity contribution in [2.24, 2.45) is 0 Å². The summed E-state index contributed by atoms with van der Waals surface area (Å²) in [6.07, 6.45) is 0. The highest BCUT2D eigenvalue weighted by Crippen LogP contribution is 2.22. The molecule has 1 aromatic rings. The van der Waals surface area contributed by atoms with Crippen molar-refractivity contribution in [1.82, 2.24) is 4.90 Å². The summed E-state index contributed by atoms with van der Waals surface area (Å²) in [6, 6.07) is 4.96. The third kappa shape index (κ3) is 3.99. The average molecular weight is 335 g/mol. The maximum atomic E-state index is 12.0. The minimum absolute atomic E-state index is 0.0981. The van der Waals surface area contributed by atoms with Crippen LogP contribution in [0.15, 0.2) is 22.7 Å². The second-order valence-corrected chi connectivity index (χ2v) is 4.91. The molecule has 1 aromatic carbocycles. The van der Waals surface area contributed by atoms with Crippen LogP contribution in [-0.2, 0) is 9.53 Å². The molecule has 1 amide bonds. The third-order valence-electron chi connectivity index (χ3n) is 2.18. The molecule has 0 N–H and O–H groups in total. The fourth-order valence-electron chi connectivity index (χ4n) is 1.34. The molecule has 0 bridgehead atoms. The predicted molar refractivity (Wildman–Crippen MR) is 72.7 cm³/mol. The summed E-state index contributed by atoms with van der Waals surface area (Å²) in [4.78, 5) is 24.6. The molecule has 18 heavy (non-hydrogen) atoms. The molecule has 0 heterocycles. The summed E-state index contributed by atoms with van der Waals surface area (Å²) in [5.41, 5.74) is 0.353. The molecule has 98 valence electrons. The van der Waals surface area contributed by atoms with Gasteiger partial charge in [0, 0.05) is 11.5 Å². The number of carbonyl (C=O) groups excluding carboxylic acids is 2. The summed E-state index contributed by atoms with van der Waals surface area (Å²) in [5.74, 6) is -0.762. The van der Waals surface area contributed by atoms with E-state index in [1.807, 2.05) is 0 Å². The number of benzene rings is 1. The van der Waals surface area contributed by atoms with Gasteiger partial charge in [-0.15, -0.1) is 0 Å². The zero-order valence-corrected chi connectivity index (χ0v) is 12.4. The molecule has 0 fully saturated rings. The van der Waals surface area contributed by atoms with Crippen molar-refractivity contribution < 1.29 is 14.3 Å². The number of rotatable bonds is 4. The molecule has 0 saturated heterocycles. The van der Waals surface area contributed by atoms with Crippen molar-refractivity contribution in [3.05, 3.63) is 33.3 Å². The van der Waals surface area contributed by atoms with E-state index < -0.39 is 5.97 Å². The smallest absolute Gasteiger partial charge is 0.325 e. The maximum absolute atomic E-state index is 12.0. The lowest BCUT2D eigenvalue weighted by molar-refractivity contribution is -0.143. The number of ether oxygens (including phenoxy) is 1. The minimum atomic E-state index is -0.443. The molecule has 0 aliphatic carbocycles. The number of hydrogen-bond acceptors (Lipinski definition) is 3. The van der Waals surface area contributed by atoms with Crippen LogP contribution >= 0.6 is 27.5 Å². The van der Waals surface area contributed by atoms with Crippen LogP contribution in [0, 0.1) is 0 Å². The number of esters is 1. The molecule has 4 nitrogen and oxygen atoms in total. The van der Waals surface area contributed by atoms with Gasteiger partial charge in [-0.25, -0.2) is 0 Å². The molecular formula is C12H13BrClNO3. The maximum Gasteiger partial charge on any atom is 0.325 e. The van der Waals surface area contributed by atoms with Crippen LogP contribution in [0.1, 0.15) is 17.3 Å². The van der Waals surface area contributed by atoms with Crippen molar-refractivity contribution in [2.75, 3.05) is 20.2 Å². The first-order chi connectivity index (χ1) is 8.45. The number of hydrogen-bond donors (Lipinski definition) is 0. The van der Waals surface area contributed by atoms with Crippen LogP contribution in [0.5, 0.6) is 0 Å². The second kappa shape index (κ2) is 6.75. The molecule has 0 aliphatic heterocycles. The largest absolute Gasteiger partial charge is 0.465 e. The lowest BCUT2D eigenvalue weighted by Crippen LogP contribution is -2.33. The van der Waals surface area contributed by atoms with E-state index in [0.29, 0.717) is 17.2 Å². The van der Waals surface area contributed by atoms with Gasteiger partial charge < -0.3 is 9.64 Å². The fraction of sp³-hybridized carbons (Fsp3) is 0.333. The summed E-state index contributed by atoms with van der Waals surface area (Å²) < 4.78 is 5.56. The van der Waals surface area contributed by atoms with Gasteiger partial charge in [0.15, 0.2) is 0 Å². The Kier molecular flexibility index (Phi) is 5.62. The van der Waals surface area contributed by atoms with Gasteiger partial charge in [0.25, 0.3) is 5.91 Å². The molecule has 1 rings (SSSR count). The summed E-state index contributed by atoms with van der Waals surface area (Å²) >= 11 is 9.23. The van der Waals surface area contributed by atoms with Gasteiger partial charge in [-0.2, -0.15) is 0 Å². The standard InChI is InChI=1S/C12H13BrClNO3/c1-3-18-11(16)7-15(2)12(17)9-5-4-8(13)6-10(9)14/h4-6H,3,7H2,1-2H3. The topological polar surface area (TPSA) is 46.6 Å². The van der Waals surface area contributed by atoms with E-state index in [-0.39, 0.29) is 12.5 Å². The molecule has 0 aromatic heterocycles. The first kappa shape index (κ1) is 15.0. The van der Waals surface area contributed by atoms with Crippen molar-refractivity contribution >= 4 is 39.4 Å². The van der Waals surface area contributed by atoms with Crippen molar-refractivity contribution in [2.45, 2.75) is 6.92 Å². The number of likely N-dealkylation sites (N-methyl/N-ethyl adjacent to an activating group) is 1. The van der Waals surface area contributed by atoms with Crippen LogP contribution in [0.4, 0.5) is 0 Å². The van der Waals surface area contributed by atoms with E-state index in [1.165, 1.54) is 11.9 Å². The molecule has 0 radical (unpaired) electrons. The van der Waals surface area contributed by atoms with Crippen molar-refractivity contribution in [1.29, 1.82) is 0 Å². The van der Waals surface area contributed by atoms with E-state index in [9.17, 15) is 9.59 Å². The fourth-order valence-corrected chi connectivity index (χ4v) is 2.09. The summed E-state index contributed by atoms with van der Waals surface area (Å²) in [7, 11) is 1.53. The number of amides is 1. The predicted octanol–water partition coefficient (Wildman–Crippen LogP) is 2.74. The Morgan fingerprint density at radius 2 is 2.11 bits per heavy atom. The summed E-state index contributed by atoms with van der Waals surface area (Å²) in [6.45, 7) is 1.91.